The SMILES string of the molecule is CCNC(=NCC(OC)C(C)(C)C)NC1CCN(c2ccccc2)CC1.I. The van der Waals surface area contributed by atoms with Crippen LogP contribution in [-0.2, 0) is 4.74 Å². The lowest BCUT2D eigenvalue weighted by Gasteiger charge is -2.34. The number of guanidine groups is 1. The van der Waals surface area contributed by atoms with Crippen molar-refractivity contribution in [3.63, 3.8) is 0 Å². The fourth-order valence-corrected chi connectivity index (χ4v) is 3.31. The van der Waals surface area contributed by atoms with Gasteiger partial charge in [-0.15, -0.1) is 24.0 Å². The van der Waals surface area contributed by atoms with E-state index >= 15 is 0 Å². The fraction of sp³-hybridized carbons (Fsp3) is 0.667. The molecular weight excluding hydrogens is 451 g/mol. The number of hydrogen-bond acceptors (Lipinski definition) is 3. The van der Waals surface area contributed by atoms with Crippen LogP contribution in [0.4, 0.5) is 5.69 Å². The number of halogens is 1. The number of benzene rings is 1. The molecule has 0 spiro atoms. The first kappa shape index (κ1) is 24.0. The van der Waals surface area contributed by atoms with Crippen LogP contribution in [0, 0.1) is 5.41 Å². The van der Waals surface area contributed by atoms with Gasteiger partial charge in [-0.3, -0.25) is 4.99 Å². The average Bonchev–Trinajstić information content (AvgIpc) is 2.62. The number of ether oxygens (including phenoxy) is 1. The Morgan fingerprint density at radius 3 is 2.37 bits per heavy atom. The zero-order chi connectivity index (χ0) is 19.0. The van der Waals surface area contributed by atoms with Gasteiger partial charge in [0.1, 0.15) is 0 Å². The van der Waals surface area contributed by atoms with Crippen molar-refractivity contribution in [2.45, 2.75) is 52.7 Å². The Labute approximate surface area is 182 Å². The highest BCUT2D eigenvalue weighted by molar-refractivity contribution is 14.0. The van der Waals surface area contributed by atoms with Gasteiger partial charge in [0.05, 0.1) is 12.6 Å². The van der Waals surface area contributed by atoms with Gasteiger partial charge in [0.2, 0.25) is 0 Å². The maximum absolute atomic E-state index is 5.63. The molecule has 5 nitrogen and oxygen atoms in total. The summed E-state index contributed by atoms with van der Waals surface area (Å²) in [6, 6.07) is 11.1. The summed E-state index contributed by atoms with van der Waals surface area (Å²) in [5, 5.41) is 6.99. The van der Waals surface area contributed by atoms with E-state index in [2.05, 4.69) is 73.6 Å². The third-order valence-corrected chi connectivity index (χ3v) is 4.97. The Balaban J connectivity index is 0.00000364. The third-order valence-electron chi connectivity index (χ3n) is 4.97. The monoisotopic (exact) mass is 488 g/mol. The van der Waals surface area contributed by atoms with Gasteiger partial charge in [-0.2, -0.15) is 0 Å². The molecule has 1 saturated heterocycles. The zero-order valence-corrected chi connectivity index (χ0v) is 19.8. The van der Waals surface area contributed by atoms with Gasteiger partial charge in [-0.25, -0.2) is 0 Å². The van der Waals surface area contributed by atoms with Crippen LogP contribution in [0.1, 0.15) is 40.5 Å². The van der Waals surface area contributed by atoms with Crippen molar-refractivity contribution in [2.24, 2.45) is 10.4 Å². The van der Waals surface area contributed by atoms with Crippen molar-refractivity contribution in [1.29, 1.82) is 0 Å². The Kier molecular flexibility index (Phi) is 10.4. The maximum atomic E-state index is 5.63. The minimum Gasteiger partial charge on any atom is -0.379 e. The number of nitrogens with one attached hydrogen (secondary N) is 2. The molecule has 2 rings (SSSR count). The summed E-state index contributed by atoms with van der Waals surface area (Å²) in [6.45, 7) is 12.4. The van der Waals surface area contributed by atoms with E-state index in [1.54, 1.807) is 7.11 Å². The molecule has 0 aliphatic carbocycles. The van der Waals surface area contributed by atoms with Crippen molar-refractivity contribution < 1.29 is 4.74 Å². The quantitative estimate of drug-likeness (QED) is 0.363. The summed E-state index contributed by atoms with van der Waals surface area (Å²) < 4.78 is 5.63. The van der Waals surface area contributed by atoms with Crippen LogP contribution in [-0.4, -0.2) is 51.4 Å². The van der Waals surface area contributed by atoms with E-state index in [0.717, 1.165) is 38.4 Å². The molecule has 0 bridgehead atoms. The van der Waals surface area contributed by atoms with E-state index in [0.29, 0.717) is 12.6 Å². The Morgan fingerprint density at radius 2 is 1.85 bits per heavy atom. The van der Waals surface area contributed by atoms with E-state index in [9.17, 15) is 0 Å². The van der Waals surface area contributed by atoms with E-state index in [1.807, 2.05) is 0 Å². The molecule has 6 heteroatoms. The van der Waals surface area contributed by atoms with Crippen molar-refractivity contribution in [1.82, 2.24) is 10.6 Å². The van der Waals surface area contributed by atoms with Gasteiger partial charge in [0.25, 0.3) is 0 Å². The Morgan fingerprint density at radius 1 is 1.22 bits per heavy atom. The zero-order valence-electron chi connectivity index (χ0n) is 17.5. The summed E-state index contributed by atoms with van der Waals surface area (Å²) in [4.78, 5) is 7.24. The molecule has 1 aromatic rings. The van der Waals surface area contributed by atoms with Crippen LogP contribution >= 0.6 is 24.0 Å². The molecule has 1 aliphatic heterocycles. The lowest BCUT2D eigenvalue weighted by atomic mass is 9.89. The van der Waals surface area contributed by atoms with Crippen molar-refractivity contribution in [2.75, 3.05) is 38.2 Å². The van der Waals surface area contributed by atoms with Crippen molar-refractivity contribution >= 4 is 35.6 Å². The first-order chi connectivity index (χ1) is 12.4. The summed E-state index contributed by atoms with van der Waals surface area (Å²) in [5.74, 6) is 0.900. The predicted molar refractivity (Wildman–Crippen MR) is 126 cm³/mol. The molecule has 1 heterocycles. The molecule has 1 fully saturated rings. The van der Waals surface area contributed by atoms with Crippen molar-refractivity contribution in [3.05, 3.63) is 30.3 Å². The third kappa shape index (κ3) is 7.86. The second kappa shape index (κ2) is 11.7. The minimum atomic E-state index is 0. The van der Waals surface area contributed by atoms with Gasteiger partial charge >= 0.3 is 0 Å². The van der Waals surface area contributed by atoms with Crippen LogP contribution in [0.3, 0.4) is 0 Å². The summed E-state index contributed by atoms with van der Waals surface area (Å²) in [7, 11) is 1.77. The number of piperidine rings is 1. The topological polar surface area (TPSA) is 48.9 Å². The van der Waals surface area contributed by atoms with Crippen LogP contribution < -0.4 is 15.5 Å². The Hall–Kier alpha value is -1.02. The van der Waals surface area contributed by atoms with Crippen LogP contribution in [0.2, 0.25) is 0 Å². The van der Waals surface area contributed by atoms with Crippen LogP contribution in [0.5, 0.6) is 0 Å². The first-order valence-electron chi connectivity index (χ1n) is 9.81. The van der Waals surface area contributed by atoms with Crippen LogP contribution in [0.15, 0.2) is 35.3 Å². The van der Waals surface area contributed by atoms with E-state index in [4.69, 9.17) is 9.73 Å². The summed E-state index contributed by atoms with van der Waals surface area (Å²) >= 11 is 0. The highest BCUT2D eigenvalue weighted by Crippen LogP contribution is 2.22. The lowest BCUT2D eigenvalue weighted by molar-refractivity contribution is 0.0241. The largest absolute Gasteiger partial charge is 0.379 e. The number of rotatable bonds is 6. The minimum absolute atomic E-state index is 0. The van der Waals surface area contributed by atoms with E-state index in [1.165, 1.54) is 5.69 Å². The Bertz CT molecular complexity index is 551. The molecular formula is C21H37IN4O. The van der Waals surface area contributed by atoms with Gasteiger partial charge in [-0.1, -0.05) is 39.0 Å². The fourth-order valence-electron chi connectivity index (χ4n) is 3.31. The number of aliphatic imine (C=N–C) groups is 1. The molecule has 1 aromatic carbocycles. The second-order valence-electron chi connectivity index (χ2n) is 8.05. The summed E-state index contributed by atoms with van der Waals surface area (Å²) in [5.41, 5.74) is 1.40. The van der Waals surface area contributed by atoms with E-state index in [-0.39, 0.29) is 35.5 Å². The standard InChI is InChI=1S/C21H36N4O.HI/c1-6-22-20(23-16-19(26-5)21(2,3)4)24-17-12-14-25(15-13-17)18-10-8-7-9-11-18;/h7-11,17,19H,6,12-16H2,1-5H3,(H2,22,23,24);1H. The number of hydrogen-bond donors (Lipinski definition) is 2. The van der Waals surface area contributed by atoms with Gasteiger partial charge in [0.15, 0.2) is 5.96 Å². The van der Waals surface area contributed by atoms with Crippen molar-refractivity contribution in [3.8, 4) is 0 Å². The molecule has 154 valence electrons. The van der Waals surface area contributed by atoms with Crippen LogP contribution in [0.25, 0.3) is 0 Å². The number of anilines is 1. The van der Waals surface area contributed by atoms with Gasteiger partial charge in [-0.05, 0) is 37.3 Å². The molecule has 2 N–H and O–H groups in total. The number of methoxy groups -OCH3 is 1. The highest BCUT2D eigenvalue weighted by atomic mass is 127. The first-order valence-corrected chi connectivity index (χ1v) is 9.81. The van der Waals surface area contributed by atoms with E-state index < -0.39 is 0 Å². The second-order valence-corrected chi connectivity index (χ2v) is 8.05. The molecule has 1 atom stereocenters. The maximum Gasteiger partial charge on any atom is 0.191 e. The predicted octanol–water partition coefficient (Wildman–Crippen LogP) is 3.89. The number of para-hydroxylation sites is 1. The lowest BCUT2D eigenvalue weighted by Crippen LogP contribution is -2.49. The molecule has 27 heavy (non-hydrogen) atoms. The van der Waals surface area contributed by atoms with Gasteiger partial charge < -0.3 is 20.3 Å². The normalized spacial score (nSPS) is 17.2. The average molecular weight is 488 g/mol. The molecule has 0 amide bonds. The number of nitrogens with zero attached hydrogens (tertiary/aromatic N) is 2. The molecule has 0 aromatic heterocycles. The highest BCUT2D eigenvalue weighted by Gasteiger charge is 2.25. The molecule has 0 saturated carbocycles. The summed E-state index contributed by atoms with van der Waals surface area (Å²) in [6.07, 6.45) is 2.34. The molecule has 1 unspecified atom stereocenters. The molecule has 0 radical (unpaired) electrons. The smallest absolute Gasteiger partial charge is 0.191 e. The molecule has 1 aliphatic rings. The van der Waals surface area contributed by atoms with Gasteiger partial charge in [0, 0.05) is 38.5 Å².